The molecule has 120 valence electrons. The third-order valence-electron chi connectivity index (χ3n) is 3.42. The number of aromatic nitrogens is 1. The molecular formula is C16H15Br2N3O2. The molecule has 1 aliphatic rings. The van der Waals surface area contributed by atoms with E-state index in [1.165, 1.54) is 0 Å². The summed E-state index contributed by atoms with van der Waals surface area (Å²) in [6.45, 7) is 0.972. The van der Waals surface area contributed by atoms with Crippen molar-refractivity contribution in [3.8, 4) is 5.75 Å². The normalized spacial score (nSPS) is 17.5. The first-order chi connectivity index (χ1) is 11.2. The van der Waals surface area contributed by atoms with Crippen molar-refractivity contribution in [3.63, 3.8) is 0 Å². The molecule has 0 saturated heterocycles. The van der Waals surface area contributed by atoms with Crippen LogP contribution in [-0.4, -0.2) is 31.1 Å². The minimum absolute atomic E-state index is 0.0930. The number of halogens is 2. The van der Waals surface area contributed by atoms with E-state index in [4.69, 9.17) is 14.5 Å². The predicted octanol–water partition coefficient (Wildman–Crippen LogP) is 4.20. The standard InChI is InChI=1S/C16H15Br2N3O2/c1-22-13-5-3-2-4-10(13)12-8-23-9-15(20-12)19-11-6-7-14(17)21-16(11)18/h2-7,12H,8-9H2,1H3,(H,19,20)/t12-/m1/s1. The van der Waals surface area contributed by atoms with Gasteiger partial charge in [-0.2, -0.15) is 0 Å². The number of amidine groups is 1. The van der Waals surface area contributed by atoms with E-state index in [0.717, 1.165) is 27.4 Å². The van der Waals surface area contributed by atoms with Gasteiger partial charge in [0.25, 0.3) is 0 Å². The fraction of sp³-hybridized carbons (Fsp3) is 0.250. The zero-order valence-electron chi connectivity index (χ0n) is 12.4. The van der Waals surface area contributed by atoms with Crippen molar-refractivity contribution in [1.29, 1.82) is 0 Å². The van der Waals surface area contributed by atoms with Gasteiger partial charge in [0, 0.05) is 5.56 Å². The van der Waals surface area contributed by atoms with E-state index < -0.39 is 0 Å². The van der Waals surface area contributed by atoms with Crippen molar-refractivity contribution in [2.24, 2.45) is 4.99 Å². The Balaban J connectivity index is 1.84. The molecule has 0 spiro atoms. The molecule has 3 rings (SSSR count). The second kappa shape index (κ2) is 7.42. The van der Waals surface area contributed by atoms with Crippen molar-refractivity contribution in [1.82, 2.24) is 4.98 Å². The zero-order valence-corrected chi connectivity index (χ0v) is 15.6. The Morgan fingerprint density at radius 2 is 2.04 bits per heavy atom. The highest BCUT2D eigenvalue weighted by Gasteiger charge is 2.21. The number of pyridine rings is 1. The van der Waals surface area contributed by atoms with Crippen LogP contribution < -0.4 is 10.1 Å². The molecule has 1 N–H and O–H groups in total. The average Bonchev–Trinajstić information content (AvgIpc) is 2.58. The van der Waals surface area contributed by atoms with E-state index in [9.17, 15) is 0 Å². The predicted molar refractivity (Wildman–Crippen MR) is 97.2 cm³/mol. The fourth-order valence-corrected chi connectivity index (χ4v) is 3.33. The van der Waals surface area contributed by atoms with Crippen LogP contribution in [-0.2, 0) is 4.74 Å². The maximum Gasteiger partial charge on any atom is 0.130 e. The fourth-order valence-electron chi connectivity index (χ4n) is 2.36. The van der Waals surface area contributed by atoms with Crippen molar-refractivity contribution >= 4 is 43.4 Å². The van der Waals surface area contributed by atoms with Gasteiger partial charge < -0.3 is 14.8 Å². The number of nitrogens with zero attached hydrogens (tertiary/aromatic N) is 2. The Morgan fingerprint density at radius 3 is 2.83 bits per heavy atom. The summed E-state index contributed by atoms with van der Waals surface area (Å²) in [5, 5.41) is 3.27. The summed E-state index contributed by atoms with van der Waals surface area (Å²) in [6.07, 6.45) is 0. The lowest BCUT2D eigenvalue weighted by molar-refractivity contribution is 0.143. The van der Waals surface area contributed by atoms with Gasteiger partial charge in [-0.25, -0.2) is 4.98 Å². The maximum atomic E-state index is 5.69. The molecule has 1 aromatic carbocycles. The molecule has 1 atom stereocenters. The van der Waals surface area contributed by atoms with Crippen LogP contribution in [0.2, 0.25) is 0 Å². The number of hydrogen-bond donors (Lipinski definition) is 1. The largest absolute Gasteiger partial charge is 0.496 e. The SMILES string of the molecule is COc1ccccc1[C@H]1COCC(Nc2ccc(Br)nc2Br)=N1. The van der Waals surface area contributed by atoms with E-state index in [1.807, 2.05) is 36.4 Å². The number of hydrogen-bond acceptors (Lipinski definition) is 5. The molecule has 0 fully saturated rings. The number of para-hydroxylation sites is 1. The number of rotatable bonds is 3. The maximum absolute atomic E-state index is 5.69. The van der Waals surface area contributed by atoms with Crippen molar-refractivity contribution in [2.45, 2.75) is 6.04 Å². The smallest absolute Gasteiger partial charge is 0.130 e. The Bertz CT molecular complexity index is 737. The highest BCUT2D eigenvalue weighted by atomic mass is 79.9. The van der Waals surface area contributed by atoms with Crippen molar-refractivity contribution in [2.75, 3.05) is 25.6 Å². The third kappa shape index (κ3) is 3.91. The van der Waals surface area contributed by atoms with Crippen molar-refractivity contribution < 1.29 is 9.47 Å². The molecule has 0 aliphatic carbocycles. The summed E-state index contributed by atoms with van der Waals surface area (Å²) in [5.74, 6) is 1.58. The van der Waals surface area contributed by atoms with Gasteiger partial charge in [0.05, 0.1) is 19.4 Å². The molecule has 5 nitrogen and oxygen atoms in total. The van der Waals surface area contributed by atoms with E-state index >= 15 is 0 Å². The molecule has 0 saturated carbocycles. The number of benzene rings is 1. The van der Waals surface area contributed by atoms with Crippen LogP contribution in [0.1, 0.15) is 11.6 Å². The summed E-state index contributed by atoms with van der Waals surface area (Å²) in [7, 11) is 1.66. The van der Waals surface area contributed by atoms with Crippen LogP contribution in [0.5, 0.6) is 5.75 Å². The summed E-state index contributed by atoms with van der Waals surface area (Å²) < 4.78 is 12.6. The summed E-state index contributed by atoms with van der Waals surface area (Å²) >= 11 is 6.78. The topological polar surface area (TPSA) is 55.7 Å². The minimum atomic E-state index is -0.0930. The number of ether oxygens (including phenoxy) is 2. The molecule has 1 aromatic heterocycles. The lowest BCUT2D eigenvalue weighted by atomic mass is 10.1. The summed E-state index contributed by atoms with van der Waals surface area (Å²) in [5.41, 5.74) is 1.86. The van der Waals surface area contributed by atoms with Gasteiger partial charge in [-0.3, -0.25) is 4.99 Å². The Hall–Kier alpha value is -1.44. The Kier molecular flexibility index (Phi) is 5.30. The van der Waals surface area contributed by atoms with Gasteiger partial charge in [0.2, 0.25) is 0 Å². The van der Waals surface area contributed by atoms with Crippen LogP contribution in [0.25, 0.3) is 0 Å². The van der Waals surface area contributed by atoms with E-state index in [-0.39, 0.29) is 6.04 Å². The molecular weight excluding hydrogens is 426 g/mol. The van der Waals surface area contributed by atoms with Crippen LogP contribution in [0.4, 0.5) is 5.69 Å². The first-order valence-electron chi connectivity index (χ1n) is 7.04. The lowest BCUT2D eigenvalue weighted by Crippen LogP contribution is -2.27. The first-order valence-corrected chi connectivity index (χ1v) is 8.62. The monoisotopic (exact) mass is 439 g/mol. The number of anilines is 1. The van der Waals surface area contributed by atoms with E-state index in [0.29, 0.717) is 17.8 Å². The highest BCUT2D eigenvalue weighted by Crippen LogP contribution is 2.30. The molecule has 1 aliphatic heterocycles. The number of methoxy groups -OCH3 is 1. The van der Waals surface area contributed by atoms with E-state index in [2.05, 4.69) is 42.2 Å². The van der Waals surface area contributed by atoms with Gasteiger partial charge in [0.1, 0.15) is 33.4 Å². The second-order valence-corrected chi connectivity index (χ2v) is 6.51. The molecule has 0 unspecified atom stereocenters. The van der Waals surface area contributed by atoms with Crippen molar-refractivity contribution in [3.05, 3.63) is 51.2 Å². The van der Waals surface area contributed by atoms with Crippen LogP contribution in [0, 0.1) is 0 Å². The highest BCUT2D eigenvalue weighted by molar-refractivity contribution is 9.11. The zero-order chi connectivity index (χ0) is 16.2. The van der Waals surface area contributed by atoms with Crippen LogP contribution in [0.15, 0.2) is 50.6 Å². The molecule has 7 heteroatoms. The Morgan fingerprint density at radius 1 is 1.22 bits per heavy atom. The molecule has 0 radical (unpaired) electrons. The molecule has 0 bridgehead atoms. The third-order valence-corrected chi connectivity index (χ3v) is 4.46. The minimum Gasteiger partial charge on any atom is -0.496 e. The summed E-state index contributed by atoms with van der Waals surface area (Å²) in [6, 6.07) is 11.6. The molecule has 2 aromatic rings. The Labute approximate surface area is 151 Å². The summed E-state index contributed by atoms with van der Waals surface area (Å²) in [4.78, 5) is 9.06. The lowest BCUT2D eigenvalue weighted by Gasteiger charge is -2.23. The van der Waals surface area contributed by atoms with Crippen LogP contribution >= 0.6 is 31.9 Å². The quantitative estimate of drug-likeness (QED) is 0.726. The van der Waals surface area contributed by atoms with Gasteiger partial charge in [0.15, 0.2) is 0 Å². The molecule has 23 heavy (non-hydrogen) atoms. The average molecular weight is 441 g/mol. The van der Waals surface area contributed by atoms with Gasteiger partial charge in [-0.15, -0.1) is 0 Å². The number of nitrogens with one attached hydrogen (secondary N) is 1. The van der Waals surface area contributed by atoms with Gasteiger partial charge in [-0.05, 0) is 50.1 Å². The van der Waals surface area contributed by atoms with Gasteiger partial charge >= 0.3 is 0 Å². The molecule has 2 heterocycles. The van der Waals surface area contributed by atoms with Crippen LogP contribution in [0.3, 0.4) is 0 Å². The van der Waals surface area contributed by atoms with Gasteiger partial charge in [-0.1, -0.05) is 18.2 Å². The van der Waals surface area contributed by atoms with E-state index in [1.54, 1.807) is 7.11 Å². The number of aliphatic imine (C=N–C) groups is 1. The first kappa shape index (κ1) is 16.4. The second-order valence-electron chi connectivity index (χ2n) is 4.95. The molecule has 0 amide bonds.